The summed E-state index contributed by atoms with van der Waals surface area (Å²) in [5.74, 6) is 0. The molecule has 1 heteroatoms. The number of aliphatic hydroxyl groups is 1. The molecule has 1 N–H and O–H groups in total. The van der Waals surface area contributed by atoms with Gasteiger partial charge in [0.15, 0.2) is 0 Å². The fraction of sp³-hybridized carbons (Fsp3) is 0.200. The van der Waals surface area contributed by atoms with Crippen molar-refractivity contribution in [1.82, 2.24) is 0 Å². The van der Waals surface area contributed by atoms with Gasteiger partial charge in [-0.1, -0.05) is 42.5 Å². The fourth-order valence-electron chi connectivity index (χ4n) is 2.82. The number of hydrogen-bond acceptors (Lipinski definition) is 1. The lowest BCUT2D eigenvalue weighted by Crippen LogP contribution is -2.20. The van der Waals surface area contributed by atoms with E-state index in [4.69, 9.17) is 0 Å². The molecule has 1 aliphatic carbocycles. The Morgan fingerprint density at radius 2 is 1.62 bits per heavy atom. The largest absolute Gasteiger partial charge is 0.381 e. The van der Waals surface area contributed by atoms with Gasteiger partial charge in [-0.15, -0.1) is 0 Å². The molecule has 0 spiro atoms. The van der Waals surface area contributed by atoms with Crippen molar-refractivity contribution in [2.45, 2.75) is 19.4 Å². The lowest BCUT2D eigenvalue weighted by atomic mass is 9.91. The van der Waals surface area contributed by atoms with Crippen LogP contribution in [0.25, 0.3) is 11.1 Å². The van der Waals surface area contributed by atoms with Gasteiger partial charge in [-0.3, -0.25) is 0 Å². The maximum absolute atomic E-state index is 10.7. The third-order valence-electron chi connectivity index (χ3n) is 3.50. The molecule has 0 aliphatic heterocycles. The van der Waals surface area contributed by atoms with E-state index in [1.165, 1.54) is 5.56 Å². The molecule has 3 rings (SSSR count). The lowest BCUT2D eigenvalue weighted by Gasteiger charge is -2.21. The minimum atomic E-state index is -0.850. The van der Waals surface area contributed by atoms with Crippen molar-refractivity contribution in [2.75, 3.05) is 0 Å². The molecule has 2 aromatic carbocycles. The van der Waals surface area contributed by atoms with Gasteiger partial charge >= 0.3 is 0 Å². The minimum absolute atomic E-state index is 0.850. The first kappa shape index (κ1) is 9.61. The minimum Gasteiger partial charge on any atom is -0.381 e. The molecule has 1 atom stereocenters. The second kappa shape index (κ2) is 2.96. The summed E-state index contributed by atoms with van der Waals surface area (Å²) in [7, 11) is 0. The molecule has 0 amide bonds. The summed E-state index contributed by atoms with van der Waals surface area (Å²) in [6.07, 6.45) is 0. The second-order valence-electron chi connectivity index (χ2n) is 4.62. The van der Waals surface area contributed by atoms with Crippen molar-refractivity contribution in [3.8, 4) is 11.1 Å². The van der Waals surface area contributed by atoms with Gasteiger partial charge in [0.2, 0.25) is 0 Å². The van der Waals surface area contributed by atoms with Crippen LogP contribution in [-0.4, -0.2) is 5.11 Å². The highest BCUT2D eigenvalue weighted by atomic mass is 16.3. The number of rotatable bonds is 0. The fourth-order valence-corrected chi connectivity index (χ4v) is 2.82. The highest BCUT2D eigenvalue weighted by Gasteiger charge is 2.38. The van der Waals surface area contributed by atoms with Gasteiger partial charge in [-0.25, -0.2) is 0 Å². The quantitative estimate of drug-likeness (QED) is 0.707. The first-order chi connectivity index (χ1) is 7.62. The van der Waals surface area contributed by atoms with E-state index >= 15 is 0 Å². The summed E-state index contributed by atoms with van der Waals surface area (Å²) >= 11 is 0. The van der Waals surface area contributed by atoms with Gasteiger partial charge in [0.1, 0.15) is 5.60 Å². The van der Waals surface area contributed by atoms with Crippen molar-refractivity contribution in [1.29, 1.82) is 0 Å². The van der Waals surface area contributed by atoms with Crippen LogP contribution in [0.15, 0.2) is 42.5 Å². The van der Waals surface area contributed by atoms with E-state index in [9.17, 15) is 5.11 Å². The highest BCUT2D eigenvalue weighted by Crippen LogP contribution is 2.48. The van der Waals surface area contributed by atoms with E-state index in [-0.39, 0.29) is 0 Å². The maximum atomic E-state index is 10.7. The maximum Gasteiger partial charge on any atom is 0.113 e. The summed E-state index contributed by atoms with van der Waals surface area (Å²) in [6, 6.07) is 14.3. The van der Waals surface area contributed by atoms with Crippen molar-refractivity contribution in [2.24, 2.45) is 0 Å². The Bertz CT molecular complexity index is 567. The van der Waals surface area contributed by atoms with Crippen LogP contribution in [0, 0.1) is 6.92 Å². The predicted octanol–water partition coefficient (Wildman–Crippen LogP) is 3.23. The van der Waals surface area contributed by atoms with Crippen molar-refractivity contribution in [3.05, 3.63) is 59.2 Å². The van der Waals surface area contributed by atoms with E-state index < -0.39 is 5.60 Å². The van der Waals surface area contributed by atoms with Crippen LogP contribution < -0.4 is 0 Å². The Kier molecular flexibility index (Phi) is 1.78. The smallest absolute Gasteiger partial charge is 0.113 e. The molecule has 0 aromatic heterocycles. The topological polar surface area (TPSA) is 20.2 Å². The van der Waals surface area contributed by atoms with Crippen LogP contribution in [0.4, 0.5) is 0 Å². The monoisotopic (exact) mass is 210 g/mol. The predicted molar refractivity (Wildman–Crippen MR) is 65.3 cm³/mol. The van der Waals surface area contributed by atoms with E-state index in [0.29, 0.717) is 0 Å². The van der Waals surface area contributed by atoms with E-state index in [1.807, 2.05) is 31.2 Å². The molecule has 0 bridgehead atoms. The van der Waals surface area contributed by atoms with Gasteiger partial charge in [0, 0.05) is 0 Å². The van der Waals surface area contributed by atoms with Gasteiger partial charge in [0.05, 0.1) is 0 Å². The van der Waals surface area contributed by atoms with Crippen molar-refractivity contribution < 1.29 is 5.11 Å². The van der Waals surface area contributed by atoms with Crippen LogP contribution in [-0.2, 0) is 5.60 Å². The molecule has 0 fully saturated rings. The Morgan fingerprint density at radius 3 is 2.44 bits per heavy atom. The van der Waals surface area contributed by atoms with Crippen LogP contribution in [0.1, 0.15) is 23.6 Å². The van der Waals surface area contributed by atoms with Gasteiger partial charge in [0.25, 0.3) is 0 Å². The molecule has 1 nitrogen and oxygen atoms in total. The van der Waals surface area contributed by atoms with Crippen LogP contribution >= 0.6 is 0 Å². The summed E-state index contributed by atoms with van der Waals surface area (Å²) < 4.78 is 0. The number of benzene rings is 2. The number of aryl methyl sites for hydroxylation is 1. The zero-order valence-corrected chi connectivity index (χ0v) is 9.49. The molecule has 1 unspecified atom stereocenters. The Balaban J connectivity index is 2.44. The van der Waals surface area contributed by atoms with Gasteiger partial charge in [-0.05, 0) is 41.7 Å². The molecular weight excluding hydrogens is 196 g/mol. The Labute approximate surface area is 95.4 Å². The second-order valence-corrected chi connectivity index (χ2v) is 4.62. The molecule has 1 aliphatic rings. The van der Waals surface area contributed by atoms with E-state index in [0.717, 1.165) is 22.3 Å². The summed E-state index contributed by atoms with van der Waals surface area (Å²) in [5.41, 5.74) is 4.69. The average molecular weight is 210 g/mol. The van der Waals surface area contributed by atoms with Crippen LogP contribution in [0.2, 0.25) is 0 Å². The first-order valence-corrected chi connectivity index (χ1v) is 5.54. The summed E-state index contributed by atoms with van der Waals surface area (Å²) in [6.45, 7) is 3.93. The molecule has 0 heterocycles. The third kappa shape index (κ3) is 1.04. The molecule has 80 valence electrons. The number of hydrogen-bond donors (Lipinski definition) is 1. The van der Waals surface area contributed by atoms with Crippen LogP contribution in [0.5, 0.6) is 0 Å². The van der Waals surface area contributed by atoms with Crippen molar-refractivity contribution >= 4 is 0 Å². The van der Waals surface area contributed by atoms with Crippen molar-refractivity contribution in [3.63, 3.8) is 0 Å². The lowest BCUT2D eigenvalue weighted by molar-refractivity contribution is 0.107. The van der Waals surface area contributed by atoms with Gasteiger partial charge < -0.3 is 5.11 Å². The van der Waals surface area contributed by atoms with E-state index in [1.54, 1.807) is 0 Å². The average Bonchev–Trinajstić information content (AvgIpc) is 2.50. The van der Waals surface area contributed by atoms with E-state index in [2.05, 4.69) is 25.1 Å². The summed E-state index contributed by atoms with van der Waals surface area (Å²) in [5, 5.41) is 10.7. The molecule has 2 aromatic rings. The third-order valence-corrected chi connectivity index (χ3v) is 3.50. The normalized spacial score (nSPS) is 21.7. The summed E-state index contributed by atoms with van der Waals surface area (Å²) in [4.78, 5) is 0. The molecule has 0 saturated carbocycles. The standard InChI is InChI=1S/C15H14O/c1-10-6-5-8-12-11-7-3-4-9-13(11)15(2,16)14(10)12/h3-9,16H,1-2H3. The zero-order chi connectivity index (χ0) is 11.3. The van der Waals surface area contributed by atoms with Gasteiger partial charge in [-0.2, -0.15) is 0 Å². The molecular formula is C15H14O. The van der Waals surface area contributed by atoms with Crippen LogP contribution in [0.3, 0.4) is 0 Å². The SMILES string of the molecule is Cc1cccc2c1C(C)(O)c1ccccc1-2. The molecule has 0 radical (unpaired) electrons. The Morgan fingerprint density at radius 1 is 0.938 bits per heavy atom. The zero-order valence-electron chi connectivity index (χ0n) is 9.49. The molecule has 16 heavy (non-hydrogen) atoms. The first-order valence-electron chi connectivity index (χ1n) is 5.54. The number of fused-ring (bicyclic) bond motifs is 3. The molecule has 0 saturated heterocycles. The Hall–Kier alpha value is -1.60. The highest BCUT2D eigenvalue weighted by molar-refractivity contribution is 5.80.